The maximum absolute atomic E-state index is 13.6. The summed E-state index contributed by atoms with van der Waals surface area (Å²) in [6, 6.07) is 7.14. The zero-order valence-electron chi connectivity index (χ0n) is 16.5. The van der Waals surface area contributed by atoms with Gasteiger partial charge in [0.15, 0.2) is 11.6 Å². The van der Waals surface area contributed by atoms with Gasteiger partial charge in [-0.05, 0) is 43.0 Å². The van der Waals surface area contributed by atoms with Gasteiger partial charge in [0.2, 0.25) is 15.9 Å². The SMILES string of the molecule is Cc1cccc(C(C)C)c1NC(=O)[C@@H](C)N(c1ccc(F)c(F)c1)S(C)(=O)=O. The lowest BCUT2D eigenvalue weighted by Gasteiger charge is -2.29. The van der Waals surface area contributed by atoms with Crippen LogP contribution in [0.4, 0.5) is 20.2 Å². The first kappa shape index (κ1) is 21.8. The van der Waals surface area contributed by atoms with Gasteiger partial charge in [0.25, 0.3) is 0 Å². The third kappa shape index (κ3) is 4.67. The number of para-hydroxylation sites is 1. The molecule has 0 aliphatic heterocycles. The van der Waals surface area contributed by atoms with E-state index in [1.165, 1.54) is 6.92 Å². The number of aryl methyl sites for hydroxylation is 1. The summed E-state index contributed by atoms with van der Waals surface area (Å²) in [6.45, 7) is 7.21. The highest BCUT2D eigenvalue weighted by Gasteiger charge is 2.30. The molecule has 8 heteroatoms. The second kappa shape index (κ2) is 8.26. The predicted molar refractivity (Wildman–Crippen MR) is 107 cm³/mol. The van der Waals surface area contributed by atoms with Gasteiger partial charge in [-0.25, -0.2) is 17.2 Å². The highest BCUT2D eigenvalue weighted by Crippen LogP contribution is 2.29. The number of rotatable bonds is 6. The third-order valence-corrected chi connectivity index (χ3v) is 5.66. The number of anilines is 2. The van der Waals surface area contributed by atoms with Crippen LogP contribution in [0.5, 0.6) is 0 Å². The fourth-order valence-electron chi connectivity index (χ4n) is 3.00. The quantitative estimate of drug-likeness (QED) is 0.777. The molecule has 0 aliphatic carbocycles. The number of benzene rings is 2. The van der Waals surface area contributed by atoms with Gasteiger partial charge >= 0.3 is 0 Å². The van der Waals surface area contributed by atoms with Crippen LogP contribution in [-0.4, -0.2) is 26.6 Å². The first-order chi connectivity index (χ1) is 12.9. The summed E-state index contributed by atoms with van der Waals surface area (Å²) in [6.07, 6.45) is 0.908. The molecule has 1 amide bonds. The third-order valence-electron chi connectivity index (χ3n) is 4.42. The van der Waals surface area contributed by atoms with Gasteiger partial charge in [-0.15, -0.1) is 0 Å². The van der Waals surface area contributed by atoms with E-state index in [4.69, 9.17) is 0 Å². The molecule has 2 rings (SSSR count). The number of nitrogens with zero attached hydrogens (tertiary/aromatic N) is 1. The van der Waals surface area contributed by atoms with Crippen molar-refractivity contribution in [2.24, 2.45) is 0 Å². The molecule has 0 unspecified atom stereocenters. The van der Waals surface area contributed by atoms with Gasteiger partial charge in [-0.1, -0.05) is 32.0 Å². The Bertz CT molecular complexity index is 991. The Morgan fingerprint density at radius 3 is 2.25 bits per heavy atom. The minimum Gasteiger partial charge on any atom is -0.324 e. The summed E-state index contributed by atoms with van der Waals surface area (Å²) < 4.78 is 52.3. The van der Waals surface area contributed by atoms with Crippen LogP contribution in [0, 0.1) is 18.6 Å². The molecular formula is C20H24F2N2O3S. The number of nitrogens with one attached hydrogen (secondary N) is 1. The molecule has 0 bridgehead atoms. The molecule has 0 radical (unpaired) electrons. The van der Waals surface area contributed by atoms with Gasteiger partial charge in [0, 0.05) is 11.8 Å². The Balaban J connectivity index is 2.42. The van der Waals surface area contributed by atoms with Crippen molar-refractivity contribution < 1.29 is 22.0 Å². The molecule has 0 spiro atoms. The monoisotopic (exact) mass is 410 g/mol. The van der Waals surface area contributed by atoms with Gasteiger partial charge < -0.3 is 5.32 Å². The van der Waals surface area contributed by atoms with Crippen LogP contribution in [0.3, 0.4) is 0 Å². The fraction of sp³-hybridized carbons (Fsp3) is 0.350. The minimum atomic E-state index is -3.94. The normalized spacial score (nSPS) is 12.7. The van der Waals surface area contributed by atoms with Crippen molar-refractivity contribution in [3.8, 4) is 0 Å². The average Bonchev–Trinajstić information content (AvgIpc) is 2.58. The molecule has 1 atom stereocenters. The summed E-state index contributed by atoms with van der Waals surface area (Å²) in [7, 11) is -3.94. The van der Waals surface area contributed by atoms with Crippen molar-refractivity contribution in [3.63, 3.8) is 0 Å². The maximum Gasteiger partial charge on any atom is 0.248 e. The fourth-order valence-corrected chi connectivity index (χ4v) is 4.17. The molecular weight excluding hydrogens is 386 g/mol. The Kier molecular flexibility index (Phi) is 6.44. The van der Waals surface area contributed by atoms with Crippen molar-refractivity contribution in [1.82, 2.24) is 0 Å². The molecule has 0 aromatic heterocycles. The lowest BCUT2D eigenvalue weighted by molar-refractivity contribution is -0.116. The summed E-state index contributed by atoms with van der Waals surface area (Å²) in [5.74, 6) is -2.73. The van der Waals surface area contributed by atoms with Crippen LogP contribution in [-0.2, 0) is 14.8 Å². The van der Waals surface area contributed by atoms with Crippen molar-refractivity contribution in [2.45, 2.75) is 39.7 Å². The Morgan fingerprint density at radius 1 is 1.07 bits per heavy atom. The molecule has 28 heavy (non-hydrogen) atoms. The second-order valence-corrected chi connectivity index (χ2v) is 8.88. The van der Waals surface area contributed by atoms with E-state index in [9.17, 15) is 22.0 Å². The molecule has 2 aromatic carbocycles. The van der Waals surface area contributed by atoms with E-state index in [1.807, 2.05) is 39.0 Å². The van der Waals surface area contributed by atoms with Crippen LogP contribution in [0.25, 0.3) is 0 Å². The van der Waals surface area contributed by atoms with Crippen molar-refractivity contribution in [2.75, 3.05) is 15.9 Å². The smallest absolute Gasteiger partial charge is 0.248 e. The zero-order chi connectivity index (χ0) is 21.2. The van der Waals surface area contributed by atoms with E-state index in [0.717, 1.165) is 39.9 Å². The second-order valence-electron chi connectivity index (χ2n) is 7.02. The van der Waals surface area contributed by atoms with Gasteiger partial charge in [0.1, 0.15) is 6.04 Å². The molecule has 0 aliphatic rings. The van der Waals surface area contributed by atoms with Gasteiger partial charge in [-0.2, -0.15) is 0 Å². The number of sulfonamides is 1. The summed E-state index contributed by atoms with van der Waals surface area (Å²) in [4.78, 5) is 12.9. The van der Waals surface area contributed by atoms with Crippen LogP contribution in [0.1, 0.15) is 37.8 Å². The number of amides is 1. The molecule has 1 N–H and O–H groups in total. The summed E-state index contributed by atoms with van der Waals surface area (Å²) >= 11 is 0. The van der Waals surface area contributed by atoms with Crippen LogP contribution in [0.2, 0.25) is 0 Å². The standard InChI is InChI=1S/C20H24F2N2O3S/c1-12(2)16-8-6-7-13(3)19(16)23-20(25)14(4)24(28(5,26)27)15-9-10-17(21)18(22)11-15/h6-12,14H,1-5H3,(H,23,25)/t14-/m1/s1. The number of carbonyl (C=O) groups is 1. The zero-order valence-corrected chi connectivity index (χ0v) is 17.3. The number of carbonyl (C=O) groups excluding carboxylic acids is 1. The van der Waals surface area contributed by atoms with Crippen molar-refractivity contribution in [1.29, 1.82) is 0 Å². The van der Waals surface area contributed by atoms with Gasteiger partial charge in [-0.3, -0.25) is 9.10 Å². The first-order valence-corrected chi connectivity index (χ1v) is 10.6. The Morgan fingerprint density at radius 2 is 1.71 bits per heavy atom. The van der Waals surface area contributed by atoms with E-state index >= 15 is 0 Å². The highest BCUT2D eigenvalue weighted by atomic mass is 32.2. The van der Waals surface area contributed by atoms with E-state index in [1.54, 1.807) is 0 Å². The van der Waals surface area contributed by atoms with E-state index < -0.39 is 33.6 Å². The van der Waals surface area contributed by atoms with Crippen LogP contribution < -0.4 is 9.62 Å². The predicted octanol–water partition coefficient (Wildman–Crippen LogP) is 4.19. The molecule has 0 saturated heterocycles. The lowest BCUT2D eigenvalue weighted by atomic mass is 9.98. The number of halogens is 2. The molecule has 5 nitrogen and oxygen atoms in total. The Hall–Kier alpha value is -2.48. The van der Waals surface area contributed by atoms with Gasteiger partial charge in [0.05, 0.1) is 11.9 Å². The molecule has 0 heterocycles. The topological polar surface area (TPSA) is 66.5 Å². The first-order valence-electron chi connectivity index (χ1n) is 8.78. The van der Waals surface area contributed by atoms with Crippen LogP contribution >= 0.6 is 0 Å². The molecule has 0 saturated carbocycles. The summed E-state index contributed by atoms with van der Waals surface area (Å²) in [5.41, 5.74) is 2.25. The molecule has 152 valence electrons. The lowest BCUT2D eigenvalue weighted by Crippen LogP contribution is -2.45. The van der Waals surface area contributed by atoms with E-state index in [-0.39, 0.29) is 11.6 Å². The number of hydrogen-bond donors (Lipinski definition) is 1. The van der Waals surface area contributed by atoms with Crippen molar-refractivity contribution >= 4 is 27.3 Å². The Labute approximate surface area is 164 Å². The highest BCUT2D eigenvalue weighted by molar-refractivity contribution is 7.92. The average molecular weight is 410 g/mol. The molecule has 2 aromatic rings. The van der Waals surface area contributed by atoms with E-state index in [0.29, 0.717) is 5.69 Å². The maximum atomic E-state index is 13.6. The summed E-state index contributed by atoms with van der Waals surface area (Å²) in [5, 5.41) is 2.80. The van der Waals surface area contributed by atoms with Crippen LogP contribution in [0.15, 0.2) is 36.4 Å². The molecule has 0 fully saturated rings. The minimum absolute atomic E-state index is 0.127. The largest absolute Gasteiger partial charge is 0.324 e. The van der Waals surface area contributed by atoms with E-state index in [2.05, 4.69) is 5.32 Å². The van der Waals surface area contributed by atoms with Crippen molar-refractivity contribution in [3.05, 3.63) is 59.2 Å². The number of hydrogen-bond acceptors (Lipinski definition) is 3.